The zero-order chi connectivity index (χ0) is 19.7. The van der Waals surface area contributed by atoms with Crippen LogP contribution in [0.4, 0.5) is 10.2 Å². The zero-order valence-electron chi connectivity index (χ0n) is 15.7. The Morgan fingerprint density at radius 2 is 1.96 bits per heavy atom. The predicted molar refractivity (Wildman–Crippen MR) is 107 cm³/mol. The van der Waals surface area contributed by atoms with E-state index in [1.807, 2.05) is 6.07 Å². The van der Waals surface area contributed by atoms with Crippen LogP contribution >= 0.6 is 0 Å². The third kappa shape index (κ3) is 3.66. The van der Waals surface area contributed by atoms with Crippen molar-refractivity contribution < 1.29 is 9.18 Å². The van der Waals surface area contributed by atoms with Gasteiger partial charge in [-0.3, -0.25) is 4.79 Å². The van der Waals surface area contributed by atoms with E-state index in [0.717, 1.165) is 30.6 Å². The second-order valence-electron chi connectivity index (χ2n) is 7.09. The van der Waals surface area contributed by atoms with Crippen LogP contribution in [0.25, 0.3) is 10.9 Å². The molecule has 0 saturated carbocycles. The number of nitrogens with one attached hydrogen (secondary N) is 1. The second kappa shape index (κ2) is 7.52. The molecule has 4 rings (SSSR count). The molecule has 1 aromatic heterocycles. The summed E-state index contributed by atoms with van der Waals surface area (Å²) in [4.78, 5) is 23.1. The number of halogens is 1. The number of nitrogens with two attached hydrogens (primary N) is 1. The van der Waals surface area contributed by atoms with E-state index in [-0.39, 0.29) is 11.9 Å². The summed E-state index contributed by atoms with van der Waals surface area (Å²) < 4.78 is 13.4. The van der Waals surface area contributed by atoms with Gasteiger partial charge in [0.25, 0.3) is 5.91 Å². The van der Waals surface area contributed by atoms with Crippen molar-refractivity contribution in [3.05, 3.63) is 65.2 Å². The molecule has 7 heteroatoms. The molecule has 0 bridgehead atoms. The highest BCUT2D eigenvalue weighted by Crippen LogP contribution is 2.28. The molecule has 3 aromatic rings. The first-order valence-electron chi connectivity index (χ1n) is 9.33. The molecule has 0 radical (unpaired) electrons. The Kier molecular flexibility index (Phi) is 4.92. The maximum Gasteiger partial charge on any atom is 0.250 e. The van der Waals surface area contributed by atoms with Gasteiger partial charge in [0.2, 0.25) is 0 Å². The Labute approximate surface area is 162 Å². The van der Waals surface area contributed by atoms with Gasteiger partial charge in [-0.2, -0.15) is 0 Å². The number of primary amides is 1. The van der Waals surface area contributed by atoms with Gasteiger partial charge in [0.15, 0.2) is 0 Å². The molecule has 1 aliphatic rings. The number of rotatable bonds is 6. The summed E-state index contributed by atoms with van der Waals surface area (Å²) in [6.45, 7) is 4.67. The molecular formula is C21H22FN5O. The maximum atomic E-state index is 13.4. The fourth-order valence-corrected chi connectivity index (χ4v) is 3.49. The average molecular weight is 379 g/mol. The minimum Gasteiger partial charge on any atom is -0.366 e. The van der Waals surface area contributed by atoms with Crippen molar-refractivity contribution in [1.82, 2.24) is 14.9 Å². The van der Waals surface area contributed by atoms with Gasteiger partial charge in [-0.25, -0.2) is 14.4 Å². The van der Waals surface area contributed by atoms with Crippen molar-refractivity contribution in [3.63, 3.8) is 0 Å². The highest BCUT2D eigenvalue weighted by molar-refractivity contribution is 6.07. The van der Waals surface area contributed by atoms with Gasteiger partial charge in [-0.05, 0) is 56.3 Å². The molecule has 1 fully saturated rings. The topological polar surface area (TPSA) is 84.1 Å². The SMILES string of the molecule is Cc1nc(NC(CN2CCC2)c2ccc(F)cc2)c2cccc(C(N)=O)c2n1. The van der Waals surface area contributed by atoms with Crippen LogP contribution in [0.2, 0.25) is 0 Å². The largest absolute Gasteiger partial charge is 0.366 e. The fourth-order valence-electron chi connectivity index (χ4n) is 3.49. The zero-order valence-corrected chi connectivity index (χ0v) is 15.7. The summed E-state index contributed by atoms with van der Waals surface area (Å²) >= 11 is 0. The Bertz CT molecular complexity index is 1020. The van der Waals surface area contributed by atoms with Crippen LogP contribution in [-0.4, -0.2) is 40.4 Å². The molecule has 2 aromatic carbocycles. The number of amides is 1. The molecule has 28 heavy (non-hydrogen) atoms. The number of anilines is 1. The molecule has 144 valence electrons. The molecule has 1 saturated heterocycles. The summed E-state index contributed by atoms with van der Waals surface area (Å²) in [7, 11) is 0. The van der Waals surface area contributed by atoms with Crippen LogP contribution in [-0.2, 0) is 0 Å². The molecule has 3 N–H and O–H groups in total. The van der Waals surface area contributed by atoms with E-state index < -0.39 is 5.91 Å². The number of benzene rings is 2. The molecular weight excluding hydrogens is 357 g/mol. The number of aromatic nitrogens is 2. The predicted octanol–water partition coefficient (Wildman–Crippen LogP) is 3.04. The number of carbonyl (C=O) groups is 1. The molecule has 1 amide bonds. The molecule has 6 nitrogen and oxygen atoms in total. The number of aryl methyl sites for hydroxylation is 1. The Morgan fingerprint density at radius 3 is 2.61 bits per heavy atom. The van der Waals surface area contributed by atoms with Gasteiger partial charge >= 0.3 is 0 Å². The number of hydrogen-bond acceptors (Lipinski definition) is 5. The van der Waals surface area contributed by atoms with Crippen LogP contribution in [0.3, 0.4) is 0 Å². The van der Waals surface area contributed by atoms with E-state index in [4.69, 9.17) is 5.73 Å². The second-order valence-corrected chi connectivity index (χ2v) is 7.09. The smallest absolute Gasteiger partial charge is 0.250 e. The number of likely N-dealkylation sites (tertiary alicyclic amines) is 1. The Balaban J connectivity index is 1.75. The highest BCUT2D eigenvalue weighted by Gasteiger charge is 2.22. The highest BCUT2D eigenvalue weighted by atomic mass is 19.1. The monoisotopic (exact) mass is 379 g/mol. The first-order valence-corrected chi connectivity index (χ1v) is 9.33. The number of carbonyl (C=O) groups excluding carboxylic acids is 1. The molecule has 1 aliphatic heterocycles. The minimum atomic E-state index is -0.523. The summed E-state index contributed by atoms with van der Waals surface area (Å²) in [5, 5.41) is 4.23. The van der Waals surface area contributed by atoms with E-state index in [9.17, 15) is 9.18 Å². The first-order chi connectivity index (χ1) is 13.5. The van der Waals surface area contributed by atoms with E-state index >= 15 is 0 Å². The molecule has 1 unspecified atom stereocenters. The third-order valence-corrected chi connectivity index (χ3v) is 5.08. The van der Waals surface area contributed by atoms with Crippen LogP contribution in [0.15, 0.2) is 42.5 Å². The van der Waals surface area contributed by atoms with Crippen molar-refractivity contribution >= 4 is 22.6 Å². The van der Waals surface area contributed by atoms with E-state index in [1.165, 1.54) is 18.6 Å². The number of hydrogen-bond donors (Lipinski definition) is 2. The molecule has 0 aliphatic carbocycles. The lowest BCUT2D eigenvalue weighted by molar-refractivity contribution is 0.100. The average Bonchev–Trinajstić information content (AvgIpc) is 2.63. The summed E-state index contributed by atoms with van der Waals surface area (Å²) in [5.41, 5.74) is 7.39. The number of nitrogens with zero attached hydrogens (tertiary/aromatic N) is 3. The van der Waals surface area contributed by atoms with Gasteiger partial charge in [0.05, 0.1) is 17.1 Å². The summed E-state index contributed by atoms with van der Waals surface area (Å²) in [6, 6.07) is 11.7. The third-order valence-electron chi connectivity index (χ3n) is 5.08. The molecule has 0 spiro atoms. The lowest BCUT2D eigenvalue weighted by Crippen LogP contribution is -2.41. The van der Waals surface area contributed by atoms with Crippen molar-refractivity contribution in [2.45, 2.75) is 19.4 Å². The lowest BCUT2D eigenvalue weighted by atomic mass is 10.0. The summed E-state index contributed by atoms with van der Waals surface area (Å²) in [5.74, 6) is 0.400. The van der Waals surface area contributed by atoms with Gasteiger partial charge in [-0.1, -0.05) is 18.2 Å². The summed E-state index contributed by atoms with van der Waals surface area (Å²) in [6.07, 6.45) is 1.19. The molecule has 2 heterocycles. The minimum absolute atomic E-state index is 0.0735. The van der Waals surface area contributed by atoms with E-state index in [1.54, 1.807) is 31.2 Å². The Hall–Kier alpha value is -3.06. The molecule has 1 atom stereocenters. The van der Waals surface area contributed by atoms with E-state index in [0.29, 0.717) is 22.7 Å². The first kappa shape index (κ1) is 18.3. The Morgan fingerprint density at radius 1 is 1.21 bits per heavy atom. The van der Waals surface area contributed by atoms with Gasteiger partial charge < -0.3 is 16.0 Å². The lowest BCUT2D eigenvalue weighted by Gasteiger charge is -2.35. The van der Waals surface area contributed by atoms with Crippen LogP contribution in [0.1, 0.15) is 34.2 Å². The van der Waals surface area contributed by atoms with Crippen LogP contribution in [0.5, 0.6) is 0 Å². The van der Waals surface area contributed by atoms with Crippen molar-refractivity contribution in [2.24, 2.45) is 5.73 Å². The standard InChI is InChI=1S/C21H22FN5O/c1-13-24-19-16(20(23)28)4-2-5-17(19)21(25-13)26-18(12-27-10-3-11-27)14-6-8-15(22)9-7-14/h2,4-9,18H,3,10-12H2,1H3,(H2,23,28)(H,24,25,26). The van der Waals surface area contributed by atoms with E-state index in [2.05, 4.69) is 20.2 Å². The van der Waals surface area contributed by atoms with Crippen molar-refractivity contribution in [1.29, 1.82) is 0 Å². The van der Waals surface area contributed by atoms with Gasteiger partial charge in [-0.15, -0.1) is 0 Å². The number of para-hydroxylation sites is 1. The van der Waals surface area contributed by atoms with Crippen molar-refractivity contribution in [3.8, 4) is 0 Å². The van der Waals surface area contributed by atoms with Crippen LogP contribution in [0, 0.1) is 12.7 Å². The quantitative estimate of drug-likeness (QED) is 0.688. The van der Waals surface area contributed by atoms with Crippen LogP contribution < -0.4 is 11.1 Å². The van der Waals surface area contributed by atoms with Gasteiger partial charge in [0, 0.05) is 11.9 Å². The number of fused-ring (bicyclic) bond motifs is 1. The normalized spacial score (nSPS) is 15.2. The fraction of sp³-hybridized carbons (Fsp3) is 0.286. The maximum absolute atomic E-state index is 13.4. The van der Waals surface area contributed by atoms with Crippen molar-refractivity contribution in [2.75, 3.05) is 25.0 Å². The van der Waals surface area contributed by atoms with Gasteiger partial charge in [0.1, 0.15) is 17.5 Å².